The molecule has 0 saturated carbocycles. The number of alkyl halides is 6. The van der Waals surface area contributed by atoms with E-state index in [1.807, 2.05) is 0 Å². The fraction of sp³-hybridized carbons (Fsp3) is 0.200. The van der Waals surface area contributed by atoms with E-state index in [1.165, 1.54) is 10.6 Å². The van der Waals surface area contributed by atoms with E-state index in [1.54, 1.807) is 24.4 Å². The Bertz CT molecular complexity index is 1380. The zero-order valence-corrected chi connectivity index (χ0v) is 17.0. The van der Waals surface area contributed by atoms with Crippen molar-refractivity contribution in [3.8, 4) is 11.4 Å². The van der Waals surface area contributed by atoms with E-state index in [0.29, 0.717) is 5.65 Å². The van der Waals surface area contributed by atoms with Crippen LogP contribution in [-0.4, -0.2) is 48.5 Å². The van der Waals surface area contributed by atoms with Crippen molar-refractivity contribution in [2.24, 2.45) is 0 Å². The van der Waals surface area contributed by atoms with E-state index >= 15 is 0 Å². The molecule has 4 aromatic rings. The van der Waals surface area contributed by atoms with Crippen LogP contribution in [0, 0.1) is 5.82 Å². The summed E-state index contributed by atoms with van der Waals surface area (Å²) in [6, 6.07) is 7.90. The third-order valence-corrected chi connectivity index (χ3v) is 4.94. The molecule has 1 amide bonds. The number of rotatable bonds is 5. The van der Waals surface area contributed by atoms with Crippen LogP contribution in [0.5, 0.6) is 0 Å². The molecule has 0 unspecified atom stereocenters. The quantitative estimate of drug-likeness (QED) is 0.396. The van der Waals surface area contributed by atoms with Crippen LogP contribution in [0.2, 0.25) is 0 Å². The first-order valence-corrected chi connectivity index (χ1v) is 9.52. The number of anilines is 1. The number of benzene rings is 1. The summed E-state index contributed by atoms with van der Waals surface area (Å²) in [5.74, 6) is -3.33. The predicted octanol–water partition coefficient (Wildman–Crippen LogP) is 4.17. The monoisotopic (exact) mass is 503 g/mol. The largest absolute Gasteiger partial charge is 0.426 e. The third-order valence-electron chi connectivity index (χ3n) is 4.94. The second kappa shape index (κ2) is 8.33. The molecule has 1 aromatic carbocycles. The number of aromatic nitrogens is 4. The summed E-state index contributed by atoms with van der Waals surface area (Å²) < 4.78 is 97.6. The fourth-order valence-corrected chi connectivity index (χ4v) is 3.07. The predicted molar refractivity (Wildman–Crippen MR) is 104 cm³/mol. The van der Waals surface area contributed by atoms with Gasteiger partial charge in [0.05, 0.1) is 18.3 Å². The highest BCUT2D eigenvalue weighted by Gasteiger charge is 2.70. The summed E-state index contributed by atoms with van der Waals surface area (Å²) in [6.45, 7) is 0. The molecule has 0 radical (unpaired) electrons. The number of fused-ring (bicyclic) bond motifs is 1. The number of aliphatic hydroxyl groups is 1. The van der Waals surface area contributed by atoms with Crippen molar-refractivity contribution in [3.05, 3.63) is 66.2 Å². The summed E-state index contributed by atoms with van der Waals surface area (Å²) >= 11 is 0. The number of pyridine rings is 1. The molecule has 8 nitrogen and oxygen atoms in total. The van der Waals surface area contributed by atoms with Crippen LogP contribution in [0.15, 0.2) is 53.3 Å². The highest BCUT2D eigenvalue weighted by molar-refractivity contribution is 6.03. The van der Waals surface area contributed by atoms with Crippen LogP contribution < -0.4 is 5.32 Å². The zero-order valence-electron chi connectivity index (χ0n) is 17.0. The van der Waals surface area contributed by atoms with Gasteiger partial charge in [0.15, 0.2) is 0 Å². The molecule has 0 spiro atoms. The topological polar surface area (TPSA) is 106 Å². The molecule has 184 valence electrons. The van der Waals surface area contributed by atoms with Crippen LogP contribution in [0.1, 0.15) is 16.4 Å². The smallest absolute Gasteiger partial charge is 0.373 e. The first-order chi connectivity index (χ1) is 16.3. The van der Waals surface area contributed by atoms with E-state index < -0.39 is 47.8 Å². The number of imidazole rings is 1. The maximum absolute atomic E-state index is 14.3. The molecule has 0 atom stereocenters. The van der Waals surface area contributed by atoms with Gasteiger partial charge in [-0.2, -0.15) is 31.3 Å². The lowest BCUT2D eigenvalue weighted by molar-refractivity contribution is -0.368. The molecule has 2 N–H and O–H groups in total. The lowest BCUT2D eigenvalue weighted by Gasteiger charge is -2.30. The van der Waals surface area contributed by atoms with Crippen LogP contribution in [0.4, 0.5) is 36.4 Å². The van der Waals surface area contributed by atoms with Gasteiger partial charge < -0.3 is 14.9 Å². The summed E-state index contributed by atoms with van der Waals surface area (Å²) in [5.41, 5.74) is -5.10. The van der Waals surface area contributed by atoms with E-state index in [4.69, 9.17) is 0 Å². The summed E-state index contributed by atoms with van der Waals surface area (Å²) in [6.07, 6.45) is -11.4. The molecular weight excluding hydrogens is 491 g/mol. The van der Waals surface area contributed by atoms with Gasteiger partial charge in [-0.3, -0.25) is 9.20 Å². The van der Waals surface area contributed by atoms with Crippen molar-refractivity contribution in [1.29, 1.82) is 0 Å². The molecule has 35 heavy (non-hydrogen) atoms. The Balaban J connectivity index is 1.59. The van der Waals surface area contributed by atoms with Gasteiger partial charge in [0.25, 0.3) is 11.5 Å². The number of carbonyl (C=O) groups is 1. The Labute approximate surface area is 190 Å². The molecule has 0 aliphatic heterocycles. The van der Waals surface area contributed by atoms with Gasteiger partial charge in [-0.15, -0.1) is 0 Å². The molecular formula is C20H12F7N5O3. The second-order valence-corrected chi connectivity index (χ2v) is 7.27. The number of hydrogen-bond donors (Lipinski definition) is 2. The van der Waals surface area contributed by atoms with Crippen LogP contribution in [-0.2, 0) is 6.42 Å². The summed E-state index contributed by atoms with van der Waals surface area (Å²) in [7, 11) is 0. The molecule has 3 heterocycles. The van der Waals surface area contributed by atoms with E-state index in [-0.39, 0.29) is 16.9 Å². The maximum atomic E-state index is 14.3. The fourth-order valence-electron chi connectivity index (χ4n) is 3.07. The molecule has 4 rings (SSSR count). The highest BCUT2D eigenvalue weighted by Crippen LogP contribution is 2.45. The zero-order chi connectivity index (χ0) is 25.6. The van der Waals surface area contributed by atoms with E-state index in [2.05, 4.69) is 25.0 Å². The van der Waals surface area contributed by atoms with Crippen molar-refractivity contribution in [2.75, 3.05) is 5.32 Å². The minimum absolute atomic E-state index is 0.0610. The average Bonchev–Trinajstić information content (AvgIpc) is 3.41. The SMILES string of the molecule is O=C(Nc1cc(-c2noc(CC(O)(C(F)(F)F)C(F)(F)F)n2)ccc1F)c1cnc2ccccn12. The second-order valence-electron chi connectivity index (χ2n) is 7.27. The van der Waals surface area contributed by atoms with E-state index in [0.717, 1.165) is 18.2 Å². The van der Waals surface area contributed by atoms with Gasteiger partial charge in [0.1, 0.15) is 17.2 Å². The normalized spacial score (nSPS) is 12.8. The van der Waals surface area contributed by atoms with Crippen molar-refractivity contribution < 1.29 is 45.2 Å². The van der Waals surface area contributed by atoms with Crippen LogP contribution in [0.25, 0.3) is 17.0 Å². The Morgan fingerprint density at radius 2 is 1.80 bits per heavy atom. The first-order valence-electron chi connectivity index (χ1n) is 9.52. The van der Waals surface area contributed by atoms with Crippen molar-refractivity contribution in [1.82, 2.24) is 19.5 Å². The lowest BCUT2D eigenvalue weighted by Crippen LogP contribution is -2.58. The molecule has 0 aliphatic rings. The molecule has 0 saturated heterocycles. The minimum atomic E-state index is -6.08. The van der Waals surface area contributed by atoms with Crippen LogP contribution in [0.3, 0.4) is 0 Å². The van der Waals surface area contributed by atoms with Gasteiger partial charge in [-0.1, -0.05) is 11.2 Å². The first kappa shape index (κ1) is 24.1. The molecule has 3 aromatic heterocycles. The number of nitrogens with one attached hydrogen (secondary N) is 1. The number of carbonyl (C=O) groups excluding carboxylic acids is 1. The Morgan fingerprint density at radius 3 is 2.49 bits per heavy atom. The van der Waals surface area contributed by atoms with Gasteiger partial charge in [-0.05, 0) is 30.3 Å². The van der Waals surface area contributed by atoms with E-state index in [9.17, 15) is 40.6 Å². The Morgan fingerprint density at radius 1 is 1.09 bits per heavy atom. The average molecular weight is 503 g/mol. The number of amides is 1. The molecule has 15 heteroatoms. The van der Waals surface area contributed by atoms with Crippen molar-refractivity contribution >= 4 is 17.2 Å². The highest BCUT2D eigenvalue weighted by atomic mass is 19.4. The van der Waals surface area contributed by atoms with Gasteiger partial charge in [0.2, 0.25) is 11.7 Å². The van der Waals surface area contributed by atoms with Gasteiger partial charge >= 0.3 is 12.4 Å². The van der Waals surface area contributed by atoms with Gasteiger partial charge in [0, 0.05) is 11.8 Å². The molecule has 0 aliphatic carbocycles. The molecule has 0 fully saturated rings. The Hall–Kier alpha value is -4.01. The van der Waals surface area contributed by atoms with Crippen molar-refractivity contribution in [3.63, 3.8) is 0 Å². The lowest BCUT2D eigenvalue weighted by atomic mass is 9.98. The van der Waals surface area contributed by atoms with Crippen molar-refractivity contribution in [2.45, 2.75) is 24.4 Å². The third kappa shape index (κ3) is 4.41. The summed E-state index contributed by atoms with van der Waals surface area (Å²) in [4.78, 5) is 20.1. The molecule has 0 bridgehead atoms. The van der Waals surface area contributed by atoms with Crippen LogP contribution >= 0.6 is 0 Å². The maximum Gasteiger partial charge on any atom is 0.426 e. The number of halogens is 7. The Kier molecular flexibility index (Phi) is 5.75. The number of nitrogens with zero attached hydrogens (tertiary/aromatic N) is 4. The minimum Gasteiger partial charge on any atom is -0.373 e. The standard InChI is InChI=1S/C20H12F7N5O3/c21-11-5-4-10(7-12(11)29-17(33)13-9-28-14-3-1-2-6-32(13)14)16-30-15(35-31-16)8-18(34,19(22,23)24)20(25,26)27/h1-7,9,34H,8H2,(H,29,33). The van der Waals surface area contributed by atoms with Gasteiger partial charge in [-0.25, -0.2) is 9.37 Å². The summed E-state index contributed by atoms with van der Waals surface area (Å²) in [5, 5.41) is 14.9. The number of hydrogen-bond acceptors (Lipinski definition) is 6.